The van der Waals surface area contributed by atoms with E-state index in [-0.39, 0.29) is 5.41 Å². The second-order valence-corrected chi connectivity index (χ2v) is 5.12. The Labute approximate surface area is 82.7 Å². The van der Waals surface area contributed by atoms with Gasteiger partial charge < -0.3 is 0 Å². The first-order valence-corrected chi connectivity index (χ1v) is 5.07. The summed E-state index contributed by atoms with van der Waals surface area (Å²) < 4.78 is 0. The first-order valence-electron chi connectivity index (χ1n) is 5.07. The molecule has 1 aliphatic rings. The van der Waals surface area contributed by atoms with Crippen LogP contribution in [0.2, 0.25) is 0 Å². The summed E-state index contributed by atoms with van der Waals surface area (Å²) in [5.74, 6) is 0.567. The van der Waals surface area contributed by atoms with Crippen molar-refractivity contribution in [3.8, 4) is 0 Å². The summed E-state index contributed by atoms with van der Waals surface area (Å²) in [4.78, 5) is 0. The van der Waals surface area contributed by atoms with Crippen molar-refractivity contribution in [1.29, 1.82) is 0 Å². The third-order valence-corrected chi connectivity index (χ3v) is 3.66. The van der Waals surface area contributed by atoms with Gasteiger partial charge in [0.05, 0.1) is 0 Å². The molecule has 1 radical (unpaired) electrons. The maximum Gasteiger partial charge on any atom is 0.00143 e. The van der Waals surface area contributed by atoms with Gasteiger partial charge in [0.1, 0.15) is 0 Å². The lowest BCUT2D eigenvalue weighted by atomic mass is 9.60. The van der Waals surface area contributed by atoms with Crippen LogP contribution in [0.4, 0.5) is 0 Å². The third-order valence-electron chi connectivity index (χ3n) is 3.66. The molecule has 73 valence electrons. The Kier molecular flexibility index (Phi) is 2.70. The number of hydrogen-bond acceptors (Lipinski definition) is 0. The second kappa shape index (κ2) is 3.32. The summed E-state index contributed by atoms with van der Waals surface area (Å²) >= 11 is 0. The number of rotatable bonds is 2. The fourth-order valence-electron chi connectivity index (χ4n) is 1.96. The Morgan fingerprint density at radius 3 is 1.77 bits per heavy atom. The highest BCUT2D eigenvalue weighted by Crippen LogP contribution is 2.48. The minimum atomic E-state index is 0.260. The molecule has 0 fully saturated rings. The lowest BCUT2D eigenvalue weighted by Gasteiger charge is -2.44. The van der Waals surface area contributed by atoms with Gasteiger partial charge in [-0.05, 0) is 17.3 Å². The van der Waals surface area contributed by atoms with Gasteiger partial charge in [-0.3, -0.25) is 0 Å². The Morgan fingerprint density at radius 1 is 1.00 bits per heavy atom. The van der Waals surface area contributed by atoms with Gasteiger partial charge in [0.15, 0.2) is 0 Å². The summed E-state index contributed by atoms with van der Waals surface area (Å²) in [5, 5.41) is 0. The van der Waals surface area contributed by atoms with E-state index in [1.54, 1.807) is 0 Å². The van der Waals surface area contributed by atoms with E-state index < -0.39 is 0 Å². The first kappa shape index (κ1) is 10.6. The summed E-state index contributed by atoms with van der Waals surface area (Å²) in [6, 6.07) is 0. The molecule has 0 aromatic rings. The van der Waals surface area contributed by atoms with Crippen molar-refractivity contribution in [2.75, 3.05) is 0 Å². The van der Waals surface area contributed by atoms with E-state index in [4.69, 9.17) is 0 Å². The van der Waals surface area contributed by atoms with Crippen molar-refractivity contribution in [1.82, 2.24) is 0 Å². The maximum absolute atomic E-state index is 2.34. The van der Waals surface area contributed by atoms with Crippen LogP contribution in [0.15, 0.2) is 24.3 Å². The monoisotopic (exact) mass is 177 g/mol. The third kappa shape index (κ3) is 1.72. The Balaban J connectivity index is 2.93. The van der Waals surface area contributed by atoms with Gasteiger partial charge in [0.2, 0.25) is 0 Å². The molecule has 1 atom stereocenters. The van der Waals surface area contributed by atoms with Crippen molar-refractivity contribution >= 4 is 0 Å². The first-order chi connectivity index (χ1) is 5.92. The summed E-state index contributed by atoms with van der Waals surface area (Å²) in [6.07, 6.45) is 11.2. The zero-order valence-corrected chi connectivity index (χ0v) is 9.46. The molecule has 0 bridgehead atoms. The van der Waals surface area contributed by atoms with Gasteiger partial charge in [-0.1, -0.05) is 58.9 Å². The SMILES string of the molecule is C[CH]C(C)(C1C=CC=C1)C(C)(C)C. The van der Waals surface area contributed by atoms with Crippen LogP contribution in [0.1, 0.15) is 34.6 Å². The number of allylic oxidation sites excluding steroid dienone is 4. The van der Waals surface area contributed by atoms with E-state index >= 15 is 0 Å². The zero-order chi connectivity index (χ0) is 10.1. The summed E-state index contributed by atoms with van der Waals surface area (Å²) in [5.41, 5.74) is 0.571. The molecule has 0 aliphatic heterocycles. The van der Waals surface area contributed by atoms with Crippen molar-refractivity contribution in [3.05, 3.63) is 30.7 Å². The predicted molar refractivity (Wildman–Crippen MR) is 59.3 cm³/mol. The molecule has 0 aromatic carbocycles. The standard InChI is InChI=1S/C13H21/c1-6-13(5,12(2,3)4)11-9-7-8-10-11/h6-11H,1-5H3. The topological polar surface area (TPSA) is 0 Å². The van der Waals surface area contributed by atoms with Crippen molar-refractivity contribution in [2.24, 2.45) is 16.7 Å². The molecule has 0 heterocycles. The van der Waals surface area contributed by atoms with Crippen LogP contribution >= 0.6 is 0 Å². The largest absolute Gasteiger partial charge is 0.0770 e. The highest BCUT2D eigenvalue weighted by atomic mass is 14.4. The quantitative estimate of drug-likeness (QED) is 0.598. The van der Waals surface area contributed by atoms with Crippen molar-refractivity contribution in [2.45, 2.75) is 34.6 Å². The van der Waals surface area contributed by atoms with E-state index in [0.717, 1.165) is 0 Å². The molecule has 0 nitrogen and oxygen atoms in total. The molecule has 0 N–H and O–H groups in total. The molecule has 1 aliphatic carbocycles. The summed E-state index contributed by atoms with van der Waals surface area (Å²) in [7, 11) is 0. The van der Waals surface area contributed by atoms with Gasteiger partial charge in [-0.15, -0.1) is 0 Å². The molecule has 0 aromatic heterocycles. The molecule has 1 rings (SSSR count). The van der Waals surface area contributed by atoms with E-state index in [9.17, 15) is 0 Å². The lowest BCUT2D eigenvalue weighted by molar-refractivity contribution is 0.117. The van der Waals surface area contributed by atoms with E-state index in [0.29, 0.717) is 11.3 Å². The molecule has 13 heavy (non-hydrogen) atoms. The highest BCUT2D eigenvalue weighted by Gasteiger charge is 2.40. The normalized spacial score (nSPS) is 22.2. The van der Waals surface area contributed by atoms with E-state index in [2.05, 4.69) is 65.3 Å². The molecular weight excluding hydrogens is 156 g/mol. The maximum atomic E-state index is 2.34. The average Bonchev–Trinajstić information content (AvgIpc) is 2.52. The minimum Gasteiger partial charge on any atom is -0.0770 e. The second-order valence-electron chi connectivity index (χ2n) is 5.12. The van der Waals surface area contributed by atoms with Crippen molar-refractivity contribution < 1.29 is 0 Å². The van der Waals surface area contributed by atoms with Crippen LogP contribution in [0.25, 0.3) is 0 Å². The Bertz CT molecular complexity index is 215. The lowest BCUT2D eigenvalue weighted by Crippen LogP contribution is -2.37. The van der Waals surface area contributed by atoms with Gasteiger partial charge >= 0.3 is 0 Å². The Hall–Kier alpha value is -0.520. The molecule has 0 spiro atoms. The highest BCUT2D eigenvalue weighted by molar-refractivity contribution is 5.23. The predicted octanol–water partition coefficient (Wildman–Crippen LogP) is 4.01. The molecule has 0 saturated carbocycles. The van der Waals surface area contributed by atoms with Crippen molar-refractivity contribution in [3.63, 3.8) is 0 Å². The van der Waals surface area contributed by atoms with Gasteiger partial charge in [0.25, 0.3) is 0 Å². The van der Waals surface area contributed by atoms with Crippen LogP contribution in [0.5, 0.6) is 0 Å². The van der Waals surface area contributed by atoms with Crippen LogP contribution in [0.3, 0.4) is 0 Å². The molecule has 0 heteroatoms. The smallest absolute Gasteiger partial charge is 0.00143 e. The van der Waals surface area contributed by atoms with Gasteiger partial charge in [0, 0.05) is 5.92 Å². The van der Waals surface area contributed by atoms with Crippen LogP contribution < -0.4 is 0 Å². The minimum absolute atomic E-state index is 0.260. The Morgan fingerprint density at radius 2 is 1.46 bits per heavy atom. The van der Waals surface area contributed by atoms with Crippen LogP contribution in [-0.2, 0) is 0 Å². The molecule has 1 unspecified atom stereocenters. The molecular formula is C13H21. The van der Waals surface area contributed by atoms with Crippen LogP contribution in [0, 0.1) is 23.2 Å². The van der Waals surface area contributed by atoms with Crippen LogP contribution in [-0.4, -0.2) is 0 Å². The van der Waals surface area contributed by atoms with Gasteiger partial charge in [-0.25, -0.2) is 0 Å². The fraction of sp³-hybridized carbons (Fsp3) is 0.615. The summed E-state index contributed by atoms with van der Waals surface area (Å²) in [6.45, 7) is 11.5. The number of hydrogen-bond donors (Lipinski definition) is 0. The van der Waals surface area contributed by atoms with E-state index in [1.165, 1.54) is 0 Å². The molecule has 0 saturated heterocycles. The van der Waals surface area contributed by atoms with Gasteiger partial charge in [-0.2, -0.15) is 0 Å². The zero-order valence-electron chi connectivity index (χ0n) is 9.46. The fourth-order valence-corrected chi connectivity index (χ4v) is 1.96. The van der Waals surface area contributed by atoms with E-state index in [1.807, 2.05) is 0 Å². The molecule has 0 amide bonds. The average molecular weight is 177 g/mol.